The molecule has 5 rings (SSSR count). The predicted octanol–water partition coefficient (Wildman–Crippen LogP) is 6.66. The smallest absolute Gasteiger partial charge is 0.418 e. The summed E-state index contributed by atoms with van der Waals surface area (Å²) in [4.78, 5) is 6.15. The van der Waals surface area contributed by atoms with E-state index in [1.54, 1.807) is 79.9 Å². The molecule has 2 N–H and O–H groups in total. The zero-order chi connectivity index (χ0) is 26.9. The van der Waals surface area contributed by atoms with E-state index >= 15 is 0 Å². The third kappa shape index (κ3) is 5.19. The minimum Gasteiger partial charge on any atom is -0.493 e. The number of pyridine rings is 1. The molecule has 3 aromatic carbocycles. The van der Waals surface area contributed by atoms with Gasteiger partial charge < -0.3 is 24.8 Å². The van der Waals surface area contributed by atoms with Crippen molar-refractivity contribution in [1.29, 1.82) is 0 Å². The van der Waals surface area contributed by atoms with Gasteiger partial charge in [0.25, 0.3) is 0 Å². The molecule has 9 heteroatoms. The van der Waals surface area contributed by atoms with Crippen molar-refractivity contribution in [3.8, 4) is 34.1 Å². The molecular formula is C29H28F3N3O3. The van der Waals surface area contributed by atoms with Crippen LogP contribution in [-0.4, -0.2) is 38.3 Å². The second kappa shape index (κ2) is 10.4. The number of ether oxygens (including phenoxy) is 3. The number of hydrogen-bond donors (Lipinski definition) is 1. The molecule has 1 saturated heterocycles. The summed E-state index contributed by atoms with van der Waals surface area (Å²) < 4.78 is 59.3. The topological polar surface area (TPSA) is 69.8 Å². The van der Waals surface area contributed by atoms with Gasteiger partial charge in [0, 0.05) is 42.5 Å². The first-order chi connectivity index (χ1) is 18.3. The van der Waals surface area contributed by atoms with Crippen LogP contribution in [0.1, 0.15) is 18.4 Å². The van der Waals surface area contributed by atoms with E-state index in [2.05, 4.69) is 4.98 Å². The van der Waals surface area contributed by atoms with Crippen LogP contribution in [0.4, 0.5) is 18.9 Å². The molecule has 1 fully saturated rings. The number of nitrogens with zero attached hydrogens (tertiary/aromatic N) is 2. The second-order valence-corrected chi connectivity index (χ2v) is 9.22. The quantitative estimate of drug-likeness (QED) is 0.305. The average Bonchev–Trinajstić information content (AvgIpc) is 2.92. The Bertz CT molecular complexity index is 1450. The highest BCUT2D eigenvalue weighted by molar-refractivity contribution is 5.88. The highest BCUT2D eigenvalue weighted by atomic mass is 19.4. The summed E-state index contributed by atoms with van der Waals surface area (Å²) in [5, 5.41) is 0.709. The van der Waals surface area contributed by atoms with Gasteiger partial charge >= 0.3 is 6.18 Å². The number of rotatable bonds is 6. The predicted molar refractivity (Wildman–Crippen MR) is 141 cm³/mol. The van der Waals surface area contributed by atoms with Crippen LogP contribution >= 0.6 is 0 Å². The molecule has 0 amide bonds. The average molecular weight is 524 g/mol. The fourth-order valence-corrected chi connectivity index (χ4v) is 4.76. The van der Waals surface area contributed by atoms with Crippen LogP contribution in [0.3, 0.4) is 0 Å². The number of halogens is 3. The van der Waals surface area contributed by atoms with Crippen molar-refractivity contribution in [2.45, 2.75) is 25.1 Å². The molecule has 0 bridgehead atoms. The van der Waals surface area contributed by atoms with Crippen LogP contribution in [0.25, 0.3) is 22.0 Å². The van der Waals surface area contributed by atoms with Crippen LogP contribution in [0.15, 0.2) is 66.9 Å². The van der Waals surface area contributed by atoms with Gasteiger partial charge in [-0.2, -0.15) is 13.2 Å². The number of alkyl halides is 3. The van der Waals surface area contributed by atoms with Crippen LogP contribution in [0.5, 0.6) is 23.0 Å². The van der Waals surface area contributed by atoms with Gasteiger partial charge in [0.05, 0.1) is 25.3 Å². The Morgan fingerprint density at radius 1 is 0.868 bits per heavy atom. The van der Waals surface area contributed by atoms with Crippen LogP contribution < -0.4 is 24.8 Å². The number of fused-ring (bicyclic) bond motifs is 1. The summed E-state index contributed by atoms with van der Waals surface area (Å²) >= 11 is 0. The maximum atomic E-state index is 14.1. The minimum atomic E-state index is -4.49. The minimum absolute atomic E-state index is 0.0308. The van der Waals surface area contributed by atoms with Crippen LogP contribution in [0.2, 0.25) is 0 Å². The SMILES string of the molecule is COc1cc2nccc(Oc3cccc(-c4ccc(N5CCC(N)CC5)c(C(F)(F)F)c4)c3)c2cc1OC. The molecule has 1 aliphatic rings. The van der Waals surface area contributed by atoms with Gasteiger partial charge in [0.15, 0.2) is 11.5 Å². The first-order valence-electron chi connectivity index (χ1n) is 12.3. The Morgan fingerprint density at radius 2 is 1.58 bits per heavy atom. The molecule has 0 unspecified atom stereocenters. The first kappa shape index (κ1) is 25.7. The van der Waals surface area contributed by atoms with E-state index in [-0.39, 0.29) is 11.7 Å². The lowest BCUT2D eigenvalue weighted by atomic mass is 9.99. The van der Waals surface area contributed by atoms with Gasteiger partial charge in [-0.15, -0.1) is 0 Å². The van der Waals surface area contributed by atoms with Crippen molar-refractivity contribution in [3.63, 3.8) is 0 Å². The Morgan fingerprint density at radius 3 is 2.29 bits per heavy atom. The van der Waals surface area contributed by atoms with E-state index in [1.807, 2.05) is 0 Å². The molecule has 0 spiro atoms. The van der Waals surface area contributed by atoms with E-state index in [1.165, 1.54) is 6.07 Å². The lowest BCUT2D eigenvalue weighted by Crippen LogP contribution is -2.40. The van der Waals surface area contributed by atoms with Gasteiger partial charge in [-0.3, -0.25) is 4.98 Å². The van der Waals surface area contributed by atoms with Crippen molar-refractivity contribution < 1.29 is 27.4 Å². The number of nitrogens with two attached hydrogens (primary N) is 1. The van der Waals surface area contributed by atoms with E-state index in [0.717, 1.165) is 0 Å². The van der Waals surface area contributed by atoms with Crippen LogP contribution in [-0.2, 0) is 6.18 Å². The third-order valence-corrected chi connectivity index (χ3v) is 6.78. The highest BCUT2D eigenvalue weighted by Crippen LogP contribution is 2.41. The lowest BCUT2D eigenvalue weighted by molar-refractivity contribution is -0.137. The summed E-state index contributed by atoms with van der Waals surface area (Å²) in [5.41, 5.74) is 7.20. The number of methoxy groups -OCH3 is 2. The number of piperidine rings is 1. The normalized spacial score (nSPS) is 14.5. The number of aromatic nitrogens is 1. The summed E-state index contributed by atoms with van der Waals surface area (Å²) in [6, 6.07) is 16.8. The lowest BCUT2D eigenvalue weighted by Gasteiger charge is -2.33. The number of benzene rings is 3. The Balaban J connectivity index is 1.48. The highest BCUT2D eigenvalue weighted by Gasteiger charge is 2.36. The van der Waals surface area contributed by atoms with Gasteiger partial charge in [-0.05, 0) is 60.4 Å². The van der Waals surface area contributed by atoms with Crippen LogP contribution in [0, 0.1) is 0 Å². The van der Waals surface area contributed by atoms with Crippen molar-refractivity contribution in [3.05, 3.63) is 72.4 Å². The molecule has 0 radical (unpaired) electrons. The molecule has 6 nitrogen and oxygen atoms in total. The summed E-state index contributed by atoms with van der Waals surface area (Å²) in [6.45, 7) is 1.01. The van der Waals surface area contributed by atoms with E-state index in [9.17, 15) is 13.2 Å². The molecule has 1 aromatic heterocycles. The van der Waals surface area contributed by atoms with Gasteiger partial charge in [-0.1, -0.05) is 18.2 Å². The Hall–Kier alpha value is -3.98. The summed E-state index contributed by atoms with van der Waals surface area (Å²) in [7, 11) is 3.10. The van der Waals surface area contributed by atoms with Crippen molar-refractivity contribution in [2.24, 2.45) is 5.73 Å². The summed E-state index contributed by atoms with van der Waals surface area (Å²) in [5.74, 6) is 2.08. The van der Waals surface area contributed by atoms with Gasteiger partial charge in [0.2, 0.25) is 0 Å². The second-order valence-electron chi connectivity index (χ2n) is 9.22. The molecule has 1 aliphatic heterocycles. The van der Waals surface area contributed by atoms with E-state index in [4.69, 9.17) is 19.9 Å². The molecule has 38 heavy (non-hydrogen) atoms. The fraction of sp³-hybridized carbons (Fsp3) is 0.276. The van der Waals surface area contributed by atoms with Crippen molar-refractivity contribution in [2.75, 3.05) is 32.2 Å². The maximum absolute atomic E-state index is 14.1. The molecule has 2 heterocycles. The molecule has 0 saturated carbocycles. The molecule has 198 valence electrons. The van der Waals surface area contributed by atoms with Gasteiger partial charge in [0.1, 0.15) is 11.5 Å². The van der Waals surface area contributed by atoms with Gasteiger partial charge in [-0.25, -0.2) is 0 Å². The largest absolute Gasteiger partial charge is 0.493 e. The molecule has 4 aromatic rings. The molecule has 0 aliphatic carbocycles. The third-order valence-electron chi connectivity index (χ3n) is 6.78. The zero-order valence-electron chi connectivity index (χ0n) is 21.1. The number of anilines is 1. The standard InChI is InChI=1S/C29H28F3N3O3/c1-36-27-16-22-24(17-28(27)37-2)34-11-8-26(22)38-21-5-3-4-18(14-21)19-6-7-25(23(15-19)29(30,31)32)35-12-9-20(33)10-13-35/h3-8,11,14-17,20H,9-10,12-13,33H2,1-2H3. The monoisotopic (exact) mass is 523 g/mol. The fourth-order valence-electron chi connectivity index (χ4n) is 4.76. The maximum Gasteiger partial charge on any atom is 0.418 e. The van der Waals surface area contributed by atoms with Crippen molar-refractivity contribution in [1.82, 2.24) is 4.98 Å². The van der Waals surface area contributed by atoms with E-state index in [0.29, 0.717) is 71.0 Å². The molecule has 0 atom stereocenters. The van der Waals surface area contributed by atoms with Crippen molar-refractivity contribution >= 4 is 16.6 Å². The van der Waals surface area contributed by atoms with E-state index < -0.39 is 11.7 Å². The molecular weight excluding hydrogens is 495 g/mol. The Labute approximate surface area is 218 Å². The summed E-state index contributed by atoms with van der Waals surface area (Å²) in [6.07, 6.45) is -1.54. The zero-order valence-corrected chi connectivity index (χ0v) is 21.1. The first-order valence-corrected chi connectivity index (χ1v) is 12.3. The Kier molecular flexibility index (Phi) is 7.03. The number of hydrogen-bond acceptors (Lipinski definition) is 6.